The number of rotatable bonds is 3. The van der Waals surface area contributed by atoms with Crippen LogP contribution in [0.3, 0.4) is 0 Å². The van der Waals surface area contributed by atoms with Gasteiger partial charge in [0.05, 0.1) is 6.20 Å². The highest BCUT2D eigenvalue weighted by Crippen LogP contribution is 2.36. The van der Waals surface area contributed by atoms with Gasteiger partial charge < -0.3 is 10.1 Å². The number of benzene rings is 1. The molecule has 2 N–H and O–H groups in total. The van der Waals surface area contributed by atoms with Crippen molar-refractivity contribution in [2.45, 2.75) is 12.3 Å². The smallest absolute Gasteiger partial charge is 0.226 e. The molecule has 0 spiro atoms. The molecule has 100 valence electrons. The summed E-state index contributed by atoms with van der Waals surface area (Å²) in [5.74, 6) is 3.76. The number of hydrogen-bond donors (Lipinski definition) is 2. The van der Waals surface area contributed by atoms with E-state index in [0.29, 0.717) is 18.0 Å². The Kier molecular flexibility index (Phi) is 3.13. The number of aromatic nitrogens is 2. The van der Waals surface area contributed by atoms with E-state index in [4.69, 9.17) is 11.2 Å². The molecule has 0 aliphatic carbocycles. The van der Waals surface area contributed by atoms with Crippen molar-refractivity contribution < 1.29 is 9.53 Å². The van der Waals surface area contributed by atoms with Gasteiger partial charge in [0.2, 0.25) is 5.91 Å². The predicted molar refractivity (Wildman–Crippen MR) is 74.4 cm³/mol. The van der Waals surface area contributed by atoms with Crippen LogP contribution in [0.2, 0.25) is 0 Å². The molecule has 2 aromatic rings. The molecule has 0 saturated heterocycles. The van der Waals surface area contributed by atoms with E-state index < -0.39 is 0 Å². The van der Waals surface area contributed by atoms with Crippen LogP contribution in [0, 0.1) is 12.3 Å². The monoisotopic (exact) mass is 267 g/mol. The van der Waals surface area contributed by atoms with Crippen LogP contribution in [0.15, 0.2) is 30.5 Å². The molecule has 1 aromatic heterocycles. The molecule has 1 atom stereocenters. The predicted octanol–water partition coefficient (Wildman–Crippen LogP) is 1.90. The standard InChI is InChI=1S/C15H13N3O2/c1-2-6-20-11-5-3-4-10(7-11)12-8-14(19)17-15-13(12)9-16-18-15/h1,3-5,7,9,12H,6,8H2,(H2,16,17,18,19). The minimum atomic E-state index is -0.0262. The third-order valence-corrected chi connectivity index (χ3v) is 3.28. The second-order valence-electron chi connectivity index (χ2n) is 4.57. The highest BCUT2D eigenvalue weighted by Gasteiger charge is 2.28. The molecule has 1 aliphatic rings. The quantitative estimate of drug-likeness (QED) is 0.835. The first-order valence-electron chi connectivity index (χ1n) is 6.27. The molecule has 1 unspecified atom stereocenters. The van der Waals surface area contributed by atoms with Crippen LogP contribution in [-0.4, -0.2) is 22.7 Å². The number of anilines is 1. The summed E-state index contributed by atoms with van der Waals surface area (Å²) in [6, 6.07) is 7.63. The number of aromatic amines is 1. The molecule has 1 aliphatic heterocycles. The second-order valence-corrected chi connectivity index (χ2v) is 4.57. The fourth-order valence-electron chi connectivity index (χ4n) is 2.39. The van der Waals surface area contributed by atoms with Gasteiger partial charge in [0.25, 0.3) is 0 Å². The summed E-state index contributed by atoms with van der Waals surface area (Å²) >= 11 is 0. The van der Waals surface area contributed by atoms with E-state index in [9.17, 15) is 4.79 Å². The van der Waals surface area contributed by atoms with Crippen LogP contribution in [-0.2, 0) is 4.79 Å². The summed E-state index contributed by atoms with van der Waals surface area (Å²) < 4.78 is 5.42. The molecule has 1 amide bonds. The molecule has 20 heavy (non-hydrogen) atoms. The summed E-state index contributed by atoms with van der Waals surface area (Å²) in [5, 5.41) is 9.56. The number of nitrogens with one attached hydrogen (secondary N) is 2. The number of carbonyl (C=O) groups excluding carboxylic acids is 1. The Balaban J connectivity index is 1.94. The van der Waals surface area contributed by atoms with Crippen molar-refractivity contribution in [3.63, 3.8) is 0 Å². The number of ether oxygens (including phenoxy) is 1. The molecule has 0 bridgehead atoms. The zero-order chi connectivity index (χ0) is 13.9. The number of carbonyl (C=O) groups is 1. The van der Waals surface area contributed by atoms with Gasteiger partial charge in [-0.3, -0.25) is 9.89 Å². The zero-order valence-electron chi connectivity index (χ0n) is 10.7. The maximum absolute atomic E-state index is 11.7. The molecular weight excluding hydrogens is 254 g/mol. The lowest BCUT2D eigenvalue weighted by Crippen LogP contribution is -2.22. The third kappa shape index (κ3) is 2.24. The van der Waals surface area contributed by atoms with E-state index in [0.717, 1.165) is 11.1 Å². The van der Waals surface area contributed by atoms with Crippen LogP contribution in [0.4, 0.5) is 5.82 Å². The summed E-state index contributed by atoms with van der Waals surface area (Å²) in [4.78, 5) is 11.7. The maximum Gasteiger partial charge on any atom is 0.226 e. The largest absolute Gasteiger partial charge is 0.481 e. The van der Waals surface area contributed by atoms with Crippen LogP contribution in [0.25, 0.3) is 0 Å². The first-order valence-corrected chi connectivity index (χ1v) is 6.27. The Bertz CT molecular complexity index is 684. The maximum atomic E-state index is 11.7. The van der Waals surface area contributed by atoms with E-state index in [1.54, 1.807) is 6.20 Å². The minimum Gasteiger partial charge on any atom is -0.481 e. The van der Waals surface area contributed by atoms with E-state index in [1.165, 1.54) is 0 Å². The van der Waals surface area contributed by atoms with Crippen molar-refractivity contribution >= 4 is 11.7 Å². The fourth-order valence-corrected chi connectivity index (χ4v) is 2.39. The Morgan fingerprint density at radius 2 is 2.40 bits per heavy atom. The molecule has 2 heterocycles. The lowest BCUT2D eigenvalue weighted by atomic mass is 9.87. The average Bonchev–Trinajstić information content (AvgIpc) is 2.92. The highest BCUT2D eigenvalue weighted by atomic mass is 16.5. The van der Waals surface area contributed by atoms with Crippen molar-refractivity contribution in [3.05, 3.63) is 41.6 Å². The lowest BCUT2D eigenvalue weighted by Gasteiger charge is -2.22. The zero-order valence-corrected chi connectivity index (χ0v) is 10.7. The summed E-state index contributed by atoms with van der Waals surface area (Å²) in [7, 11) is 0. The van der Waals surface area contributed by atoms with Crippen molar-refractivity contribution in [3.8, 4) is 18.1 Å². The third-order valence-electron chi connectivity index (χ3n) is 3.28. The van der Waals surface area contributed by atoms with Gasteiger partial charge in [-0.25, -0.2) is 0 Å². The average molecular weight is 267 g/mol. The van der Waals surface area contributed by atoms with Gasteiger partial charge in [0, 0.05) is 17.9 Å². The lowest BCUT2D eigenvalue weighted by molar-refractivity contribution is -0.116. The Labute approximate surface area is 116 Å². The second kappa shape index (κ2) is 5.10. The molecule has 3 rings (SSSR count). The number of fused-ring (bicyclic) bond motifs is 1. The van der Waals surface area contributed by atoms with Crippen molar-refractivity contribution in [2.75, 3.05) is 11.9 Å². The Morgan fingerprint density at radius 1 is 1.50 bits per heavy atom. The topological polar surface area (TPSA) is 67.0 Å². The fraction of sp³-hybridized carbons (Fsp3) is 0.200. The van der Waals surface area contributed by atoms with Crippen LogP contribution in [0.5, 0.6) is 5.75 Å². The minimum absolute atomic E-state index is 0.0214. The number of hydrogen-bond acceptors (Lipinski definition) is 3. The molecule has 0 radical (unpaired) electrons. The van der Waals surface area contributed by atoms with E-state index >= 15 is 0 Å². The molecular formula is C15H13N3O2. The summed E-state index contributed by atoms with van der Waals surface area (Å²) in [6.07, 6.45) is 7.32. The SMILES string of the molecule is C#CCOc1cccc(C2CC(=O)Nc3[nH]ncc32)c1. The number of nitrogens with zero attached hydrogens (tertiary/aromatic N) is 1. The first-order chi connectivity index (χ1) is 9.78. The Morgan fingerprint density at radius 3 is 3.25 bits per heavy atom. The van der Waals surface area contributed by atoms with Gasteiger partial charge in [-0.1, -0.05) is 18.1 Å². The Hall–Kier alpha value is -2.74. The van der Waals surface area contributed by atoms with Gasteiger partial charge >= 0.3 is 0 Å². The first kappa shape index (κ1) is 12.3. The normalized spacial score (nSPS) is 16.9. The van der Waals surface area contributed by atoms with Crippen molar-refractivity contribution in [1.82, 2.24) is 10.2 Å². The van der Waals surface area contributed by atoms with Gasteiger partial charge in [-0.05, 0) is 17.7 Å². The highest BCUT2D eigenvalue weighted by molar-refractivity contribution is 5.94. The molecule has 5 nitrogen and oxygen atoms in total. The number of H-pyrrole nitrogens is 1. The van der Waals surface area contributed by atoms with Gasteiger partial charge in [0.15, 0.2) is 0 Å². The van der Waals surface area contributed by atoms with Crippen LogP contribution >= 0.6 is 0 Å². The van der Waals surface area contributed by atoms with E-state index in [-0.39, 0.29) is 18.4 Å². The molecule has 0 fully saturated rings. The molecule has 0 saturated carbocycles. The van der Waals surface area contributed by atoms with E-state index in [2.05, 4.69) is 21.4 Å². The molecule has 5 heteroatoms. The van der Waals surface area contributed by atoms with Crippen molar-refractivity contribution in [1.29, 1.82) is 0 Å². The molecule has 1 aromatic carbocycles. The van der Waals surface area contributed by atoms with Gasteiger partial charge in [-0.2, -0.15) is 5.10 Å². The number of amides is 1. The van der Waals surface area contributed by atoms with Crippen molar-refractivity contribution in [2.24, 2.45) is 0 Å². The van der Waals surface area contributed by atoms with Gasteiger partial charge in [0.1, 0.15) is 18.2 Å². The number of terminal acetylenes is 1. The summed E-state index contributed by atoms with van der Waals surface area (Å²) in [6.45, 7) is 0.228. The van der Waals surface area contributed by atoms with Gasteiger partial charge in [-0.15, -0.1) is 6.42 Å². The van der Waals surface area contributed by atoms with E-state index in [1.807, 2.05) is 24.3 Å². The summed E-state index contributed by atoms with van der Waals surface area (Å²) in [5.41, 5.74) is 2.00. The van der Waals surface area contributed by atoms with Crippen LogP contribution < -0.4 is 10.1 Å². The van der Waals surface area contributed by atoms with Crippen LogP contribution in [0.1, 0.15) is 23.5 Å².